The van der Waals surface area contributed by atoms with Gasteiger partial charge in [-0.1, -0.05) is 12.1 Å². The fourth-order valence-corrected chi connectivity index (χ4v) is 1.58. The fourth-order valence-electron chi connectivity index (χ4n) is 1.58. The summed E-state index contributed by atoms with van der Waals surface area (Å²) in [7, 11) is 0. The van der Waals surface area contributed by atoms with Crippen LogP contribution < -0.4 is 0 Å². The number of hydrogen-bond donors (Lipinski definition) is 0. The number of benzene rings is 1. The quantitative estimate of drug-likeness (QED) is 0.594. The van der Waals surface area contributed by atoms with Crippen molar-refractivity contribution >= 4 is 11.0 Å². The van der Waals surface area contributed by atoms with Crippen LogP contribution in [0, 0.1) is 6.07 Å². The van der Waals surface area contributed by atoms with Crippen LogP contribution in [0.2, 0.25) is 0 Å². The average molecular weight is 194 g/mol. The number of imidazole rings is 1. The number of nitrogens with zero attached hydrogens (tertiary/aromatic N) is 3. The molecule has 2 aromatic heterocycles. The summed E-state index contributed by atoms with van der Waals surface area (Å²) in [6.45, 7) is 0. The minimum atomic E-state index is 0.770. The molecule has 0 saturated carbocycles. The van der Waals surface area contributed by atoms with E-state index in [1.165, 1.54) is 0 Å². The zero-order valence-electron chi connectivity index (χ0n) is 7.96. The zero-order valence-corrected chi connectivity index (χ0v) is 7.96. The Morgan fingerprint density at radius 3 is 2.87 bits per heavy atom. The van der Waals surface area contributed by atoms with Crippen LogP contribution in [0.3, 0.4) is 0 Å². The second-order valence-electron chi connectivity index (χ2n) is 3.21. The molecule has 0 aliphatic heterocycles. The second-order valence-corrected chi connectivity index (χ2v) is 3.21. The van der Waals surface area contributed by atoms with Gasteiger partial charge in [-0.05, 0) is 24.3 Å². The van der Waals surface area contributed by atoms with E-state index in [1.807, 2.05) is 41.0 Å². The minimum absolute atomic E-state index is 0.770. The van der Waals surface area contributed by atoms with Gasteiger partial charge >= 0.3 is 0 Å². The summed E-state index contributed by atoms with van der Waals surface area (Å²) in [5, 5.41) is 0. The van der Waals surface area contributed by atoms with Gasteiger partial charge < -0.3 is 0 Å². The Bertz CT molecular complexity index is 584. The molecule has 3 rings (SSSR count). The molecule has 15 heavy (non-hydrogen) atoms. The standard InChI is InChI=1S/C12H8N3/c1-2-6-11-10(5-1)14-9-15(11)12-7-3-4-8-13-12/h1-6,8-9H. The van der Waals surface area contributed by atoms with Gasteiger partial charge in [0.2, 0.25) is 0 Å². The minimum Gasteiger partial charge on any atom is -0.282 e. The largest absolute Gasteiger partial charge is 0.282 e. The SMILES string of the molecule is [c]1cccnc1-n1cnc2ccccc21. The first-order valence-electron chi connectivity index (χ1n) is 4.70. The number of rotatable bonds is 1. The highest BCUT2D eigenvalue weighted by Crippen LogP contribution is 2.15. The molecule has 0 amide bonds. The first-order valence-corrected chi connectivity index (χ1v) is 4.70. The van der Waals surface area contributed by atoms with Gasteiger partial charge in [0.05, 0.1) is 11.0 Å². The summed E-state index contributed by atoms with van der Waals surface area (Å²) >= 11 is 0. The lowest BCUT2D eigenvalue weighted by molar-refractivity contribution is 1.02. The van der Waals surface area contributed by atoms with Gasteiger partial charge in [-0.3, -0.25) is 4.57 Å². The molecule has 0 aliphatic rings. The number of hydrogen-bond acceptors (Lipinski definition) is 2. The maximum atomic E-state index is 4.30. The highest BCUT2D eigenvalue weighted by Gasteiger charge is 2.03. The fraction of sp³-hybridized carbons (Fsp3) is 0. The predicted molar refractivity (Wildman–Crippen MR) is 57.7 cm³/mol. The van der Waals surface area contributed by atoms with Crippen molar-refractivity contribution in [2.45, 2.75) is 0 Å². The third kappa shape index (κ3) is 1.29. The summed E-state index contributed by atoms with van der Waals surface area (Å²) in [6, 6.07) is 14.7. The normalized spacial score (nSPS) is 10.7. The van der Waals surface area contributed by atoms with E-state index in [0.717, 1.165) is 16.9 Å². The van der Waals surface area contributed by atoms with Crippen LogP contribution in [0.15, 0.2) is 48.9 Å². The lowest BCUT2D eigenvalue weighted by atomic mass is 10.3. The molecule has 3 heteroatoms. The van der Waals surface area contributed by atoms with Crippen molar-refractivity contribution in [2.24, 2.45) is 0 Å². The van der Waals surface area contributed by atoms with Crippen molar-refractivity contribution in [1.82, 2.24) is 14.5 Å². The maximum absolute atomic E-state index is 4.30. The van der Waals surface area contributed by atoms with E-state index in [1.54, 1.807) is 12.5 Å². The van der Waals surface area contributed by atoms with E-state index in [4.69, 9.17) is 0 Å². The van der Waals surface area contributed by atoms with Gasteiger partial charge in [-0.25, -0.2) is 9.97 Å². The molecule has 2 heterocycles. The van der Waals surface area contributed by atoms with E-state index in [9.17, 15) is 0 Å². The topological polar surface area (TPSA) is 30.7 Å². The number of aromatic nitrogens is 3. The summed E-state index contributed by atoms with van der Waals surface area (Å²) in [4.78, 5) is 8.54. The maximum Gasteiger partial charge on any atom is 0.146 e. The van der Waals surface area contributed by atoms with E-state index in [2.05, 4.69) is 16.0 Å². The Hall–Kier alpha value is -2.16. The number of para-hydroxylation sites is 2. The smallest absolute Gasteiger partial charge is 0.146 e. The molecule has 0 bridgehead atoms. The second kappa shape index (κ2) is 3.20. The lowest BCUT2D eigenvalue weighted by Crippen LogP contribution is -1.94. The molecule has 0 aliphatic carbocycles. The highest BCUT2D eigenvalue weighted by atomic mass is 15.1. The zero-order chi connectivity index (χ0) is 10.1. The van der Waals surface area contributed by atoms with Gasteiger partial charge in [0, 0.05) is 12.3 Å². The summed E-state index contributed by atoms with van der Waals surface area (Å²) in [5.41, 5.74) is 2.02. The van der Waals surface area contributed by atoms with Crippen molar-refractivity contribution in [2.75, 3.05) is 0 Å². The molecule has 0 spiro atoms. The van der Waals surface area contributed by atoms with E-state index < -0.39 is 0 Å². The molecular formula is C12H8N3. The molecule has 0 atom stereocenters. The van der Waals surface area contributed by atoms with Crippen LogP contribution in [-0.2, 0) is 0 Å². The number of fused-ring (bicyclic) bond motifs is 1. The van der Waals surface area contributed by atoms with Crippen LogP contribution in [-0.4, -0.2) is 14.5 Å². The molecular weight excluding hydrogens is 186 g/mol. The Labute approximate surface area is 87.0 Å². The van der Waals surface area contributed by atoms with Crippen LogP contribution >= 0.6 is 0 Å². The monoisotopic (exact) mass is 194 g/mol. The highest BCUT2D eigenvalue weighted by molar-refractivity contribution is 5.76. The molecule has 3 aromatic rings. The van der Waals surface area contributed by atoms with Gasteiger partial charge in [0.15, 0.2) is 0 Å². The lowest BCUT2D eigenvalue weighted by Gasteiger charge is -2.00. The Balaban J connectivity index is 2.28. The van der Waals surface area contributed by atoms with Gasteiger partial charge in [0.25, 0.3) is 0 Å². The first kappa shape index (κ1) is 8.17. The van der Waals surface area contributed by atoms with Crippen LogP contribution in [0.25, 0.3) is 16.9 Å². The third-order valence-corrected chi connectivity index (χ3v) is 2.27. The molecule has 71 valence electrons. The summed E-state index contributed by atoms with van der Waals surface area (Å²) in [5.74, 6) is 0.770. The molecule has 0 unspecified atom stereocenters. The van der Waals surface area contributed by atoms with Gasteiger partial charge in [-0.2, -0.15) is 0 Å². The first-order chi connectivity index (χ1) is 7.45. The van der Waals surface area contributed by atoms with E-state index >= 15 is 0 Å². The van der Waals surface area contributed by atoms with Crippen molar-refractivity contribution < 1.29 is 0 Å². The van der Waals surface area contributed by atoms with Crippen LogP contribution in [0.5, 0.6) is 0 Å². The predicted octanol–water partition coefficient (Wildman–Crippen LogP) is 2.22. The van der Waals surface area contributed by atoms with Crippen molar-refractivity contribution in [3.05, 3.63) is 55.0 Å². The molecule has 3 nitrogen and oxygen atoms in total. The molecule has 0 saturated heterocycles. The molecule has 0 N–H and O–H groups in total. The van der Waals surface area contributed by atoms with Crippen molar-refractivity contribution in [3.63, 3.8) is 0 Å². The third-order valence-electron chi connectivity index (χ3n) is 2.27. The van der Waals surface area contributed by atoms with Crippen molar-refractivity contribution in [3.8, 4) is 5.82 Å². The van der Waals surface area contributed by atoms with Crippen LogP contribution in [0.1, 0.15) is 0 Å². The Kier molecular flexibility index (Phi) is 1.75. The van der Waals surface area contributed by atoms with Gasteiger partial charge in [0.1, 0.15) is 12.1 Å². The van der Waals surface area contributed by atoms with Gasteiger partial charge in [-0.15, -0.1) is 0 Å². The summed E-state index contributed by atoms with van der Waals surface area (Å²) < 4.78 is 1.93. The molecule has 0 fully saturated rings. The average Bonchev–Trinajstić information content (AvgIpc) is 2.74. The molecule has 1 aromatic carbocycles. The van der Waals surface area contributed by atoms with E-state index in [0.29, 0.717) is 0 Å². The van der Waals surface area contributed by atoms with Crippen LogP contribution in [0.4, 0.5) is 0 Å². The van der Waals surface area contributed by atoms with Crippen molar-refractivity contribution in [1.29, 1.82) is 0 Å². The summed E-state index contributed by atoms with van der Waals surface area (Å²) in [6.07, 6.45) is 3.52. The Morgan fingerprint density at radius 2 is 2.00 bits per heavy atom. The molecule has 1 radical (unpaired) electrons. The number of pyridine rings is 1. The van der Waals surface area contributed by atoms with E-state index in [-0.39, 0.29) is 0 Å². The Morgan fingerprint density at radius 1 is 1.07 bits per heavy atom.